The molecule has 20 heavy (non-hydrogen) atoms. The lowest BCUT2D eigenvalue weighted by atomic mass is 9.88. The molecule has 1 unspecified atom stereocenters. The maximum Gasteiger partial charge on any atom is 0.242 e. The van der Waals surface area contributed by atoms with Crippen LogP contribution in [-0.2, 0) is 23.6 Å². The van der Waals surface area contributed by atoms with Crippen LogP contribution in [0, 0.1) is 5.41 Å². The fraction of sp³-hybridized carbons (Fsp3) is 0.714. The Balaban J connectivity index is 2.20. The Hall–Kier alpha value is -0.850. The SMILES string of the molecule is CNCc1cc(S(=O)(=O)NC2CCCC2(C)C)cn1C. The van der Waals surface area contributed by atoms with Crippen molar-refractivity contribution in [2.45, 2.75) is 50.6 Å². The van der Waals surface area contributed by atoms with Crippen LogP contribution in [0.2, 0.25) is 0 Å². The largest absolute Gasteiger partial charge is 0.352 e. The van der Waals surface area contributed by atoms with E-state index in [4.69, 9.17) is 0 Å². The molecule has 1 aromatic heterocycles. The molecule has 0 aromatic carbocycles. The summed E-state index contributed by atoms with van der Waals surface area (Å²) in [5.41, 5.74) is 0.994. The molecule has 1 saturated carbocycles. The predicted molar refractivity (Wildman–Crippen MR) is 79.9 cm³/mol. The van der Waals surface area contributed by atoms with Gasteiger partial charge >= 0.3 is 0 Å². The Labute approximate surface area is 121 Å². The molecule has 2 rings (SSSR count). The monoisotopic (exact) mass is 299 g/mol. The zero-order valence-corrected chi connectivity index (χ0v) is 13.5. The van der Waals surface area contributed by atoms with Crippen molar-refractivity contribution in [3.05, 3.63) is 18.0 Å². The molecule has 0 radical (unpaired) electrons. The maximum absolute atomic E-state index is 12.5. The average Bonchev–Trinajstić information content (AvgIpc) is 2.85. The minimum absolute atomic E-state index is 0.0282. The summed E-state index contributed by atoms with van der Waals surface area (Å²) in [6.07, 6.45) is 4.75. The summed E-state index contributed by atoms with van der Waals surface area (Å²) in [5.74, 6) is 0. The van der Waals surface area contributed by atoms with Crippen LogP contribution in [0.3, 0.4) is 0 Å². The van der Waals surface area contributed by atoms with E-state index in [9.17, 15) is 8.42 Å². The molecule has 1 atom stereocenters. The fourth-order valence-corrected chi connectivity index (χ4v) is 4.42. The highest BCUT2D eigenvalue weighted by atomic mass is 32.2. The van der Waals surface area contributed by atoms with Crippen molar-refractivity contribution >= 4 is 10.0 Å². The first-order chi connectivity index (χ1) is 9.26. The van der Waals surface area contributed by atoms with Gasteiger partial charge < -0.3 is 9.88 Å². The van der Waals surface area contributed by atoms with Gasteiger partial charge in [0.05, 0.1) is 4.90 Å². The number of nitrogens with one attached hydrogen (secondary N) is 2. The van der Waals surface area contributed by atoms with Crippen molar-refractivity contribution in [2.24, 2.45) is 12.5 Å². The topological polar surface area (TPSA) is 63.1 Å². The third kappa shape index (κ3) is 3.07. The molecule has 0 saturated heterocycles. The summed E-state index contributed by atoms with van der Waals surface area (Å²) >= 11 is 0. The summed E-state index contributed by atoms with van der Waals surface area (Å²) < 4.78 is 29.7. The Morgan fingerprint density at radius 2 is 2.15 bits per heavy atom. The minimum atomic E-state index is -3.43. The van der Waals surface area contributed by atoms with E-state index in [0.717, 1.165) is 25.0 Å². The quantitative estimate of drug-likeness (QED) is 0.868. The van der Waals surface area contributed by atoms with E-state index in [2.05, 4.69) is 23.9 Å². The van der Waals surface area contributed by atoms with Gasteiger partial charge in [0.15, 0.2) is 0 Å². The molecule has 0 spiro atoms. The number of rotatable bonds is 5. The van der Waals surface area contributed by atoms with Gasteiger partial charge in [0.2, 0.25) is 10.0 Å². The van der Waals surface area contributed by atoms with Gasteiger partial charge in [-0.25, -0.2) is 13.1 Å². The molecule has 114 valence electrons. The molecule has 0 aliphatic heterocycles. The first-order valence-corrected chi connectivity index (χ1v) is 8.57. The van der Waals surface area contributed by atoms with Crippen LogP contribution < -0.4 is 10.0 Å². The molecule has 6 heteroatoms. The molecule has 2 N–H and O–H groups in total. The van der Waals surface area contributed by atoms with Crippen molar-refractivity contribution in [3.8, 4) is 0 Å². The number of aryl methyl sites for hydroxylation is 1. The number of hydrogen-bond acceptors (Lipinski definition) is 3. The lowest BCUT2D eigenvalue weighted by molar-refractivity contribution is 0.313. The van der Waals surface area contributed by atoms with Crippen LogP contribution >= 0.6 is 0 Å². The lowest BCUT2D eigenvalue weighted by Gasteiger charge is -2.27. The van der Waals surface area contributed by atoms with Gasteiger partial charge in [-0.1, -0.05) is 20.3 Å². The highest BCUT2D eigenvalue weighted by molar-refractivity contribution is 7.89. The van der Waals surface area contributed by atoms with Crippen molar-refractivity contribution in [1.82, 2.24) is 14.6 Å². The molecule has 1 aromatic rings. The van der Waals surface area contributed by atoms with E-state index >= 15 is 0 Å². The van der Waals surface area contributed by atoms with Crippen LogP contribution in [0.4, 0.5) is 0 Å². The van der Waals surface area contributed by atoms with Crippen LogP contribution in [-0.4, -0.2) is 26.1 Å². The fourth-order valence-electron chi connectivity index (χ4n) is 2.88. The van der Waals surface area contributed by atoms with Gasteiger partial charge in [-0.15, -0.1) is 0 Å². The third-order valence-electron chi connectivity index (χ3n) is 4.31. The maximum atomic E-state index is 12.5. The summed E-state index contributed by atoms with van der Waals surface area (Å²) in [6.45, 7) is 4.91. The van der Waals surface area contributed by atoms with Crippen molar-refractivity contribution < 1.29 is 8.42 Å². The van der Waals surface area contributed by atoms with Crippen molar-refractivity contribution in [3.63, 3.8) is 0 Å². The highest BCUT2D eigenvalue weighted by Crippen LogP contribution is 2.37. The molecule has 0 amide bonds. The summed E-state index contributed by atoms with van der Waals surface area (Å²) in [4.78, 5) is 0.355. The Morgan fingerprint density at radius 1 is 1.45 bits per heavy atom. The Bertz CT molecular complexity index is 575. The summed E-state index contributed by atoms with van der Waals surface area (Å²) in [6, 6.07) is 1.77. The third-order valence-corrected chi connectivity index (χ3v) is 5.74. The number of sulfonamides is 1. The van der Waals surface area contributed by atoms with E-state index in [1.165, 1.54) is 0 Å². The van der Waals surface area contributed by atoms with Gasteiger partial charge in [-0.05, 0) is 31.4 Å². The summed E-state index contributed by atoms with van der Waals surface area (Å²) in [5, 5.41) is 3.04. The highest BCUT2D eigenvalue weighted by Gasteiger charge is 2.37. The van der Waals surface area contributed by atoms with E-state index in [0.29, 0.717) is 11.4 Å². The zero-order valence-electron chi connectivity index (χ0n) is 12.7. The van der Waals surface area contributed by atoms with E-state index in [1.807, 2.05) is 18.7 Å². The second-order valence-corrected chi connectivity index (χ2v) is 8.08. The number of aromatic nitrogens is 1. The molecule has 1 heterocycles. The standard InChI is InChI=1S/C14H25N3O2S/c1-14(2)7-5-6-13(14)16-20(18,19)12-8-11(9-15-3)17(4)10-12/h8,10,13,15-16H,5-7,9H2,1-4H3. The smallest absolute Gasteiger partial charge is 0.242 e. The van der Waals surface area contributed by atoms with E-state index in [1.54, 1.807) is 12.3 Å². The summed E-state index contributed by atoms with van der Waals surface area (Å²) in [7, 11) is 0.281. The molecule has 1 fully saturated rings. The first kappa shape index (κ1) is 15.5. The second-order valence-electron chi connectivity index (χ2n) is 6.36. The molecule has 1 aliphatic carbocycles. The van der Waals surface area contributed by atoms with Crippen molar-refractivity contribution in [1.29, 1.82) is 0 Å². The average molecular weight is 299 g/mol. The van der Waals surface area contributed by atoms with Gasteiger partial charge in [0.25, 0.3) is 0 Å². The van der Waals surface area contributed by atoms with Gasteiger partial charge in [-0.3, -0.25) is 0 Å². The van der Waals surface area contributed by atoms with Gasteiger partial charge in [0.1, 0.15) is 0 Å². The van der Waals surface area contributed by atoms with Crippen LogP contribution in [0.5, 0.6) is 0 Å². The van der Waals surface area contributed by atoms with Crippen LogP contribution in [0.15, 0.2) is 17.2 Å². The van der Waals surface area contributed by atoms with E-state index < -0.39 is 10.0 Å². The van der Waals surface area contributed by atoms with E-state index in [-0.39, 0.29) is 11.5 Å². The molecule has 0 bridgehead atoms. The van der Waals surface area contributed by atoms with Crippen LogP contribution in [0.25, 0.3) is 0 Å². The minimum Gasteiger partial charge on any atom is -0.352 e. The zero-order chi connectivity index (χ0) is 15.0. The number of nitrogens with zero attached hydrogens (tertiary/aromatic N) is 1. The first-order valence-electron chi connectivity index (χ1n) is 7.08. The van der Waals surface area contributed by atoms with Gasteiger partial charge in [0, 0.05) is 31.5 Å². The molecular weight excluding hydrogens is 274 g/mol. The van der Waals surface area contributed by atoms with Crippen molar-refractivity contribution in [2.75, 3.05) is 7.05 Å². The van der Waals surface area contributed by atoms with Crippen LogP contribution in [0.1, 0.15) is 38.8 Å². The molecular formula is C14H25N3O2S. The molecule has 5 nitrogen and oxygen atoms in total. The second kappa shape index (κ2) is 5.50. The Morgan fingerprint density at radius 3 is 2.70 bits per heavy atom. The van der Waals surface area contributed by atoms with Gasteiger partial charge in [-0.2, -0.15) is 0 Å². The Kier molecular flexibility index (Phi) is 4.27. The lowest BCUT2D eigenvalue weighted by Crippen LogP contribution is -2.41. The normalized spacial score (nSPS) is 22.3. The predicted octanol–water partition coefficient (Wildman–Crippen LogP) is 1.60. The molecule has 1 aliphatic rings. The number of hydrogen-bond donors (Lipinski definition) is 2.